The summed E-state index contributed by atoms with van der Waals surface area (Å²) < 4.78 is 6.37. The van der Waals surface area contributed by atoms with E-state index in [0.717, 1.165) is 26.9 Å². The summed E-state index contributed by atoms with van der Waals surface area (Å²) in [5, 5.41) is 4.33. The van der Waals surface area contributed by atoms with Crippen molar-refractivity contribution in [3.63, 3.8) is 0 Å². The molecule has 5 nitrogen and oxygen atoms in total. The highest BCUT2D eigenvalue weighted by atomic mass is 16.5. The summed E-state index contributed by atoms with van der Waals surface area (Å²) in [6.45, 7) is 3.97. The van der Waals surface area contributed by atoms with Crippen molar-refractivity contribution in [2.45, 2.75) is 27.0 Å². The molecule has 0 amide bonds. The van der Waals surface area contributed by atoms with Gasteiger partial charge in [-0.15, -0.1) is 0 Å². The maximum Gasteiger partial charge on any atom is 0.328 e. The van der Waals surface area contributed by atoms with E-state index in [1.807, 2.05) is 56.3 Å². The molecule has 0 fully saturated rings. The second kappa shape index (κ2) is 7.78. The Kier molecular flexibility index (Phi) is 5.27. The predicted octanol–water partition coefficient (Wildman–Crippen LogP) is 3.27. The van der Waals surface area contributed by atoms with Crippen molar-refractivity contribution < 1.29 is 9.53 Å². The van der Waals surface area contributed by atoms with Crippen molar-refractivity contribution in [1.29, 1.82) is 0 Å². The summed E-state index contributed by atoms with van der Waals surface area (Å²) in [6.07, 6.45) is 0. The van der Waals surface area contributed by atoms with Gasteiger partial charge in [0.25, 0.3) is 5.56 Å². The first kappa shape index (κ1) is 17.6. The topological polar surface area (TPSA) is 61.2 Å². The fraction of sp³-hybridized carbons (Fsp3) is 0.190. The van der Waals surface area contributed by atoms with Gasteiger partial charge in [-0.25, -0.2) is 4.68 Å². The van der Waals surface area contributed by atoms with Gasteiger partial charge in [0.15, 0.2) is 0 Å². The van der Waals surface area contributed by atoms with Crippen molar-refractivity contribution >= 4 is 5.97 Å². The largest absolute Gasteiger partial charge is 0.459 e. The zero-order valence-corrected chi connectivity index (χ0v) is 14.8. The third-order valence-electron chi connectivity index (χ3n) is 4.05. The number of carbonyl (C=O) groups excluding carboxylic acids is 1. The maximum absolute atomic E-state index is 12.1. The Balaban J connectivity index is 1.75. The first-order valence-corrected chi connectivity index (χ1v) is 8.38. The zero-order valence-electron chi connectivity index (χ0n) is 14.8. The average molecular weight is 348 g/mol. The van der Waals surface area contributed by atoms with Crippen LogP contribution in [0.1, 0.15) is 16.7 Å². The van der Waals surface area contributed by atoms with E-state index in [-0.39, 0.29) is 18.7 Å². The van der Waals surface area contributed by atoms with Crippen LogP contribution in [-0.4, -0.2) is 15.7 Å². The van der Waals surface area contributed by atoms with Gasteiger partial charge in [-0.05, 0) is 31.0 Å². The normalized spacial score (nSPS) is 10.5. The van der Waals surface area contributed by atoms with Crippen LogP contribution in [0.3, 0.4) is 0 Å². The van der Waals surface area contributed by atoms with Gasteiger partial charge in [-0.2, -0.15) is 5.10 Å². The van der Waals surface area contributed by atoms with Gasteiger partial charge in [0.05, 0.1) is 5.69 Å². The minimum atomic E-state index is -0.499. The molecule has 0 saturated carbocycles. The van der Waals surface area contributed by atoms with Gasteiger partial charge >= 0.3 is 5.97 Å². The second-order valence-electron chi connectivity index (χ2n) is 6.18. The summed E-state index contributed by atoms with van der Waals surface area (Å²) >= 11 is 0. The molecule has 0 spiro atoms. The molecule has 3 rings (SSSR count). The van der Waals surface area contributed by atoms with E-state index in [4.69, 9.17) is 4.74 Å². The molecule has 1 aromatic heterocycles. The first-order valence-electron chi connectivity index (χ1n) is 8.38. The minimum Gasteiger partial charge on any atom is -0.459 e. The summed E-state index contributed by atoms with van der Waals surface area (Å²) in [4.78, 5) is 24.1. The molecule has 0 aliphatic rings. The van der Waals surface area contributed by atoms with E-state index >= 15 is 0 Å². The van der Waals surface area contributed by atoms with Crippen LogP contribution in [-0.2, 0) is 22.7 Å². The summed E-state index contributed by atoms with van der Waals surface area (Å²) in [5.41, 5.74) is 4.36. The Morgan fingerprint density at radius 1 is 1.04 bits per heavy atom. The number of aromatic nitrogens is 2. The number of aryl methyl sites for hydroxylation is 2. The SMILES string of the molecule is Cc1ccc(-c2ccc(=O)n(CC(=O)OCc3ccccc3)n2)c(C)c1. The van der Waals surface area contributed by atoms with E-state index in [2.05, 4.69) is 11.2 Å². The van der Waals surface area contributed by atoms with Crippen molar-refractivity contribution in [2.75, 3.05) is 0 Å². The highest BCUT2D eigenvalue weighted by Gasteiger charge is 2.10. The van der Waals surface area contributed by atoms with Crippen molar-refractivity contribution in [2.24, 2.45) is 0 Å². The maximum atomic E-state index is 12.1. The molecule has 132 valence electrons. The summed E-state index contributed by atoms with van der Waals surface area (Å²) in [7, 11) is 0. The number of hydrogen-bond donors (Lipinski definition) is 0. The smallest absolute Gasteiger partial charge is 0.328 e. The lowest BCUT2D eigenvalue weighted by Gasteiger charge is -2.10. The summed E-state index contributed by atoms with van der Waals surface area (Å²) in [5.74, 6) is -0.499. The van der Waals surface area contributed by atoms with E-state index in [1.165, 1.54) is 6.07 Å². The Morgan fingerprint density at radius 2 is 1.81 bits per heavy atom. The van der Waals surface area contributed by atoms with Crippen LogP contribution >= 0.6 is 0 Å². The summed E-state index contributed by atoms with van der Waals surface area (Å²) in [6, 6.07) is 18.5. The van der Waals surface area contributed by atoms with Gasteiger partial charge in [-0.1, -0.05) is 54.1 Å². The number of esters is 1. The molecule has 3 aromatic rings. The van der Waals surface area contributed by atoms with E-state index in [9.17, 15) is 9.59 Å². The minimum absolute atomic E-state index is 0.172. The van der Waals surface area contributed by atoms with Gasteiger partial charge < -0.3 is 4.74 Å². The van der Waals surface area contributed by atoms with Crippen molar-refractivity contribution in [3.05, 3.63) is 87.7 Å². The molecule has 0 bridgehead atoms. The first-order chi connectivity index (χ1) is 12.5. The molecule has 0 aliphatic heterocycles. The quantitative estimate of drug-likeness (QED) is 0.664. The van der Waals surface area contributed by atoms with Crippen molar-refractivity contribution in [3.8, 4) is 11.3 Å². The lowest BCUT2D eigenvalue weighted by molar-refractivity contribution is -0.146. The molecule has 5 heteroatoms. The number of ether oxygens (including phenoxy) is 1. The Labute approximate surface area is 151 Å². The lowest BCUT2D eigenvalue weighted by Crippen LogP contribution is -2.27. The third-order valence-corrected chi connectivity index (χ3v) is 4.05. The molecule has 0 atom stereocenters. The molecule has 2 aromatic carbocycles. The Morgan fingerprint density at radius 3 is 2.54 bits per heavy atom. The van der Waals surface area contributed by atoms with E-state index in [1.54, 1.807) is 6.07 Å². The zero-order chi connectivity index (χ0) is 18.5. The number of carbonyl (C=O) groups is 1. The molecule has 0 unspecified atom stereocenters. The van der Waals surface area contributed by atoms with Gasteiger partial charge in [0, 0.05) is 11.6 Å². The van der Waals surface area contributed by atoms with E-state index < -0.39 is 5.97 Å². The Hall–Kier alpha value is -3.21. The lowest BCUT2D eigenvalue weighted by atomic mass is 10.0. The van der Waals surface area contributed by atoms with Gasteiger partial charge in [-0.3, -0.25) is 9.59 Å². The highest BCUT2D eigenvalue weighted by Crippen LogP contribution is 2.21. The Bertz CT molecular complexity index is 978. The van der Waals surface area contributed by atoms with Crippen LogP contribution in [0.5, 0.6) is 0 Å². The molecule has 0 radical (unpaired) electrons. The molecule has 1 heterocycles. The van der Waals surface area contributed by atoms with Crippen LogP contribution in [0.15, 0.2) is 65.5 Å². The van der Waals surface area contributed by atoms with Gasteiger partial charge in [0.1, 0.15) is 13.2 Å². The third kappa shape index (κ3) is 4.25. The fourth-order valence-electron chi connectivity index (χ4n) is 2.71. The van der Waals surface area contributed by atoms with Gasteiger partial charge in [0.2, 0.25) is 0 Å². The molecule has 26 heavy (non-hydrogen) atoms. The number of hydrogen-bond acceptors (Lipinski definition) is 4. The van der Waals surface area contributed by atoms with Crippen LogP contribution in [0.4, 0.5) is 0 Å². The number of benzene rings is 2. The molecular weight excluding hydrogens is 328 g/mol. The number of nitrogens with zero attached hydrogens (tertiary/aromatic N) is 2. The monoisotopic (exact) mass is 348 g/mol. The molecular formula is C21H20N2O3. The average Bonchev–Trinajstić information content (AvgIpc) is 2.63. The molecule has 0 N–H and O–H groups in total. The van der Waals surface area contributed by atoms with Crippen LogP contribution in [0.2, 0.25) is 0 Å². The standard InChI is InChI=1S/C21H20N2O3/c1-15-8-9-18(16(2)12-15)19-10-11-20(24)23(22-19)13-21(25)26-14-17-6-4-3-5-7-17/h3-12H,13-14H2,1-2H3. The molecule has 0 saturated heterocycles. The molecule has 0 aliphatic carbocycles. The van der Waals surface area contributed by atoms with E-state index in [0.29, 0.717) is 5.69 Å². The van der Waals surface area contributed by atoms with Crippen molar-refractivity contribution in [1.82, 2.24) is 9.78 Å². The van der Waals surface area contributed by atoms with Crippen LogP contribution in [0.25, 0.3) is 11.3 Å². The van der Waals surface area contributed by atoms with Crippen LogP contribution < -0.4 is 5.56 Å². The second-order valence-corrected chi connectivity index (χ2v) is 6.18. The fourth-order valence-corrected chi connectivity index (χ4v) is 2.71. The highest BCUT2D eigenvalue weighted by molar-refractivity contribution is 5.69. The number of rotatable bonds is 5. The predicted molar refractivity (Wildman–Crippen MR) is 99.6 cm³/mol. The van der Waals surface area contributed by atoms with Crippen LogP contribution in [0, 0.1) is 13.8 Å².